The summed E-state index contributed by atoms with van der Waals surface area (Å²) >= 11 is 0. The third kappa shape index (κ3) is 2.33. The molecule has 2 nitrogen and oxygen atoms in total. The highest BCUT2D eigenvalue weighted by molar-refractivity contribution is 5.99. The van der Waals surface area contributed by atoms with Crippen LogP contribution >= 0.6 is 0 Å². The molecule has 1 N–H and O–H groups in total. The molecule has 0 atom stereocenters. The molecule has 1 heterocycles. The molecule has 0 unspecified atom stereocenters. The number of allylic oxidation sites excluding steroid dienone is 1. The van der Waals surface area contributed by atoms with Gasteiger partial charge in [0.2, 0.25) is 0 Å². The van der Waals surface area contributed by atoms with Gasteiger partial charge < -0.3 is 10.1 Å². The van der Waals surface area contributed by atoms with Crippen molar-refractivity contribution in [3.8, 4) is 5.75 Å². The Hall–Kier alpha value is -2.48. The standard InChI is InChI=1S/C19H19NO/c1-12-5-7-15(8-6-12)19-13(2)17-10-9-16(21-4)11-18(17)14(3)20-19/h5-11,20H,3H2,1-2,4H3. The largest absolute Gasteiger partial charge is 0.497 e. The van der Waals surface area contributed by atoms with E-state index < -0.39 is 0 Å². The van der Waals surface area contributed by atoms with E-state index >= 15 is 0 Å². The number of rotatable bonds is 2. The summed E-state index contributed by atoms with van der Waals surface area (Å²) < 4.78 is 5.30. The molecule has 2 aromatic rings. The van der Waals surface area contributed by atoms with E-state index in [1.54, 1.807) is 7.11 Å². The van der Waals surface area contributed by atoms with Crippen LogP contribution in [0.3, 0.4) is 0 Å². The minimum absolute atomic E-state index is 0.850. The molecule has 106 valence electrons. The van der Waals surface area contributed by atoms with Gasteiger partial charge in [-0.2, -0.15) is 0 Å². The van der Waals surface area contributed by atoms with Crippen LogP contribution in [0.2, 0.25) is 0 Å². The molecule has 0 amide bonds. The first kappa shape index (κ1) is 13.5. The summed E-state index contributed by atoms with van der Waals surface area (Å²) in [6, 6.07) is 14.7. The van der Waals surface area contributed by atoms with E-state index in [0.29, 0.717) is 0 Å². The fraction of sp³-hybridized carbons (Fsp3) is 0.158. The second-order valence-corrected chi connectivity index (χ2v) is 5.38. The summed E-state index contributed by atoms with van der Waals surface area (Å²) in [5.41, 5.74) is 8.00. The van der Waals surface area contributed by atoms with E-state index in [-0.39, 0.29) is 0 Å². The molecule has 0 bridgehead atoms. The zero-order valence-corrected chi connectivity index (χ0v) is 12.7. The molecule has 0 aromatic heterocycles. The zero-order chi connectivity index (χ0) is 15.0. The average molecular weight is 277 g/mol. The molecule has 0 spiro atoms. The van der Waals surface area contributed by atoms with Crippen molar-refractivity contribution in [2.45, 2.75) is 13.8 Å². The van der Waals surface area contributed by atoms with Crippen molar-refractivity contribution in [2.24, 2.45) is 0 Å². The smallest absolute Gasteiger partial charge is 0.119 e. The summed E-state index contributed by atoms with van der Waals surface area (Å²) in [7, 11) is 1.68. The molecule has 0 aliphatic carbocycles. The first-order valence-corrected chi connectivity index (χ1v) is 7.03. The zero-order valence-electron chi connectivity index (χ0n) is 12.7. The van der Waals surface area contributed by atoms with Crippen LogP contribution in [-0.4, -0.2) is 7.11 Å². The number of methoxy groups -OCH3 is 1. The fourth-order valence-corrected chi connectivity index (χ4v) is 2.68. The van der Waals surface area contributed by atoms with Crippen molar-refractivity contribution in [2.75, 3.05) is 7.11 Å². The predicted molar refractivity (Wildman–Crippen MR) is 88.8 cm³/mol. The molecule has 0 fully saturated rings. The maximum Gasteiger partial charge on any atom is 0.119 e. The molecule has 2 heteroatoms. The SMILES string of the molecule is C=C1NC(c2ccc(C)cc2)=C(C)c2ccc(OC)cc21. The van der Waals surface area contributed by atoms with Crippen LogP contribution in [-0.2, 0) is 0 Å². The van der Waals surface area contributed by atoms with Gasteiger partial charge in [-0.1, -0.05) is 42.5 Å². The van der Waals surface area contributed by atoms with Crippen LogP contribution in [0.5, 0.6) is 5.75 Å². The Labute approximate surface area is 125 Å². The normalized spacial score (nSPS) is 13.8. The highest BCUT2D eigenvalue weighted by atomic mass is 16.5. The van der Waals surface area contributed by atoms with Gasteiger partial charge in [-0.25, -0.2) is 0 Å². The highest BCUT2D eigenvalue weighted by Gasteiger charge is 2.19. The molecule has 1 aliphatic rings. The second kappa shape index (κ2) is 5.13. The van der Waals surface area contributed by atoms with Crippen molar-refractivity contribution in [1.29, 1.82) is 0 Å². The third-order valence-corrected chi connectivity index (χ3v) is 3.95. The Balaban J connectivity index is 2.14. The molecular weight excluding hydrogens is 258 g/mol. The number of benzene rings is 2. The number of aryl methyl sites for hydroxylation is 1. The maximum atomic E-state index is 5.30. The molecule has 0 saturated carbocycles. The lowest BCUT2D eigenvalue weighted by Crippen LogP contribution is -2.17. The van der Waals surface area contributed by atoms with Crippen molar-refractivity contribution < 1.29 is 4.74 Å². The molecule has 21 heavy (non-hydrogen) atoms. The quantitative estimate of drug-likeness (QED) is 0.874. The Morgan fingerprint density at radius 2 is 1.67 bits per heavy atom. The van der Waals surface area contributed by atoms with Gasteiger partial charge in [0.1, 0.15) is 5.75 Å². The Morgan fingerprint density at radius 1 is 0.952 bits per heavy atom. The van der Waals surface area contributed by atoms with Gasteiger partial charge >= 0.3 is 0 Å². The Bertz CT molecular complexity index is 739. The van der Waals surface area contributed by atoms with Crippen molar-refractivity contribution >= 4 is 17.0 Å². The molecule has 2 aromatic carbocycles. The number of ether oxygens (including phenoxy) is 1. The van der Waals surface area contributed by atoms with E-state index in [1.165, 1.54) is 22.3 Å². The predicted octanol–water partition coefficient (Wildman–Crippen LogP) is 4.47. The monoisotopic (exact) mass is 277 g/mol. The summed E-state index contributed by atoms with van der Waals surface area (Å²) in [5, 5.41) is 3.44. The first-order valence-electron chi connectivity index (χ1n) is 7.03. The number of hydrogen-bond donors (Lipinski definition) is 1. The van der Waals surface area contributed by atoms with Gasteiger partial charge in [-0.05, 0) is 42.7 Å². The van der Waals surface area contributed by atoms with E-state index in [2.05, 4.69) is 56.1 Å². The van der Waals surface area contributed by atoms with Crippen LogP contribution in [0.15, 0.2) is 49.0 Å². The Morgan fingerprint density at radius 3 is 2.33 bits per heavy atom. The number of hydrogen-bond acceptors (Lipinski definition) is 2. The van der Waals surface area contributed by atoms with E-state index in [4.69, 9.17) is 4.74 Å². The van der Waals surface area contributed by atoms with E-state index in [1.807, 2.05) is 12.1 Å². The third-order valence-electron chi connectivity index (χ3n) is 3.95. The van der Waals surface area contributed by atoms with Gasteiger partial charge in [0.05, 0.1) is 7.11 Å². The Kier molecular flexibility index (Phi) is 3.30. The van der Waals surface area contributed by atoms with Crippen molar-refractivity contribution in [1.82, 2.24) is 5.32 Å². The first-order chi connectivity index (χ1) is 10.1. The lowest BCUT2D eigenvalue weighted by atomic mass is 9.91. The average Bonchev–Trinajstić information content (AvgIpc) is 2.51. The number of fused-ring (bicyclic) bond motifs is 1. The highest BCUT2D eigenvalue weighted by Crippen LogP contribution is 2.36. The van der Waals surface area contributed by atoms with Gasteiger partial charge in [-0.3, -0.25) is 0 Å². The molecule has 0 saturated heterocycles. The van der Waals surface area contributed by atoms with Crippen LogP contribution < -0.4 is 10.1 Å². The second-order valence-electron chi connectivity index (χ2n) is 5.38. The lowest BCUT2D eigenvalue weighted by Gasteiger charge is -2.25. The molecule has 0 radical (unpaired) electrons. The lowest BCUT2D eigenvalue weighted by molar-refractivity contribution is 0.414. The maximum absolute atomic E-state index is 5.30. The minimum Gasteiger partial charge on any atom is -0.497 e. The van der Waals surface area contributed by atoms with Crippen molar-refractivity contribution in [3.05, 3.63) is 71.3 Å². The van der Waals surface area contributed by atoms with Gasteiger partial charge in [-0.15, -0.1) is 0 Å². The summed E-state index contributed by atoms with van der Waals surface area (Å²) in [6.45, 7) is 8.39. The summed E-state index contributed by atoms with van der Waals surface area (Å²) in [5.74, 6) is 0.850. The number of nitrogens with one attached hydrogen (secondary N) is 1. The topological polar surface area (TPSA) is 21.3 Å². The van der Waals surface area contributed by atoms with Crippen LogP contribution in [0, 0.1) is 6.92 Å². The van der Waals surface area contributed by atoms with E-state index in [9.17, 15) is 0 Å². The van der Waals surface area contributed by atoms with Crippen LogP contribution in [0.1, 0.15) is 29.2 Å². The van der Waals surface area contributed by atoms with Gasteiger partial charge in [0, 0.05) is 17.0 Å². The minimum atomic E-state index is 0.850. The molecular formula is C19H19NO. The van der Waals surface area contributed by atoms with E-state index in [0.717, 1.165) is 22.7 Å². The molecule has 1 aliphatic heterocycles. The molecule has 3 rings (SSSR count). The summed E-state index contributed by atoms with van der Waals surface area (Å²) in [6.07, 6.45) is 0. The van der Waals surface area contributed by atoms with Gasteiger partial charge in [0.25, 0.3) is 0 Å². The van der Waals surface area contributed by atoms with Crippen molar-refractivity contribution in [3.63, 3.8) is 0 Å². The van der Waals surface area contributed by atoms with Gasteiger partial charge in [0.15, 0.2) is 0 Å². The van der Waals surface area contributed by atoms with Crippen LogP contribution in [0.4, 0.5) is 0 Å². The van der Waals surface area contributed by atoms with Crippen LogP contribution in [0.25, 0.3) is 17.0 Å². The summed E-state index contributed by atoms with van der Waals surface area (Å²) in [4.78, 5) is 0. The fourth-order valence-electron chi connectivity index (χ4n) is 2.68.